The fraction of sp³-hybridized carbons (Fsp3) is 0.214. The van der Waals surface area contributed by atoms with E-state index in [2.05, 4.69) is 23.3 Å². The molecule has 0 aromatic heterocycles. The Morgan fingerprint density at radius 2 is 1.74 bits per heavy atom. The lowest BCUT2D eigenvalue weighted by molar-refractivity contribution is -0.127. The Morgan fingerprint density at radius 1 is 1.03 bits per heavy atom. The lowest BCUT2D eigenvalue weighted by Crippen LogP contribution is -2.36. The van der Waals surface area contributed by atoms with Gasteiger partial charge in [-0.05, 0) is 78.9 Å². The van der Waals surface area contributed by atoms with Crippen molar-refractivity contribution in [2.24, 2.45) is 0 Å². The van der Waals surface area contributed by atoms with Gasteiger partial charge < -0.3 is 20.3 Å². The first-order valence-electron chi connectivity index (χ1n) is 11.6. The number of carbonyl (C=O) groups is 2. The Kier molecular flexibility index (Phi) is 6.04. The number of hydrogen-bond donors (Lipinski definition) is 2. The van der Waals surface area contributed by atoms with E-state index >= 15 is 0 Å². The van der Waals surface area contributed by atoms with Crippen molar-refractivity contribution in [2.45, 2.75) is 25.3 Å². The summed E-state index contributed by atoms with van der Waals surface area (Å²) in [7, 11) is 0. The van der Waals surface area contributed by atoms with Gasteiger partial charge in [0, 0.05) is 42.1 Å². The second-order valence-electron chi connectivity index (χ2n) is 8.65. The predicted molar refractivity (Wildman–Crippen MR) is 133 cm³/mol. The fourth-order valence-electron chi connectivity index (χ4n) is 4.65. The number of fused-ring (bicyclic) bond motifs is 1. The van der Waals surface area contributed by atoms with Gasteiger partial charge >= 0.3 is 0 Å². The summed E-state index contributed by atoms with van der Waals surface area (Å²) < 4.78 is 5.89. The van der Waals surface area contributed by atoms with Crippen LogP contribution in [0.1, 0.15) is 40.2 Å². The molecule has 0 radical (unpaired) electrons. The van der Waals surface area contributed by atoms with Crippen LogP contribution in [0.3, 0.4) is 0 Å². The van der Waals surface area contributed by atoms with Crippen LogP contribution in [-0.2, 0) is 11.3 Å². The standard InChI is InChI=1S/C28H27N3O3/c1-2-27(32)31-14-12-19(13-15-31)20-16-24-25(18-29-28(24)33)26(17-20)30-21-8-10-23(11-9-21)34-22-6-4-3-5-7-22/h2-11,16-17,19,30H,1,12-15,18H2,(H,29,33). The molecule has 2 aliphatic heterocycles. The molecule has 2 amide bonds. The monoisotopic (exact) mass is 453 g/mol. The first-order valence-corrected chi connectivity index (χ1v) is 11.6. The third-order valence-corrected chi connectivity index (χ3v) is 6.51. The molecule has 2 aliphatic rings. The van der Waals surface area contributed by atoms with Crippen LogP contribution in [0, 0.1) is 0 Å². The molecule has 6 nitrogen and oxygen atoms in total. The van der Waals surface area contributed by atoms with Crippen molar-refractivity contribution in [3.63, 3.8) is 0 Å². The van der Waals surface area contributed by atoms with Gasteiger partial charge in [-0.15, -0.1) is 0 Å². The van der Waals surface area contributed by atoms with Crippen molar-refractivity contribution >= 4 is 23.2 Å². The molecular weight excluding hydrogens is 426 g/mol. The summed E-state index contributed by atoms with van der Waals surface area (Å²) in [6.45, 7) is 5.50. The van der Waals surface area contributed by atoms with Crippen LogP contribution in [0.2, 0.25) is 0 Å². The largest absolute Gasteiger partial charge is 0.457 e. The van der Waals surface area contributed by atoms with Crippen LogP contribution in [0.15, 0.2) is 79.4 Å². The first kappa shape index (κ1) is 21.8. The summed E-state index contributed by atoms with van der Waals surface area (Å²) >= 11 is 0. The third kappa shape index (κ3) is 4.53. The van der Waals surface area contributed by atoms with Gasteiger partial charge in [-0.1, -0.05) is 24.8 Å². The summed E-state index contributed by atoms with van der Waals surface area (Å²) in [6.07, 6.45) is 3.11. The molecular formula is C28H27N3O3. The van der Waals surface area contributed by atoms with E-state index in [-0.39, 0.29) is 11.8 Å². The maximum Gasteiger partial charge on any atom is 0.251 e. The zero-order valence-electron chi connectivity index (χ0n) is 18.9. The first-order chi connectivity index (χ1) is 16.6. The van der Waals surface area contributed by atoms with E-state index in [1.54, 1.807) is 0 Å². The lowest BCUT2D eigenvalue weighted by atomic mass is 9.87. The summed E-state index contributed by atoms with van der Waals surface area (Å²) in [4.78, 5) is 26.2. The van der Waals surface area contributed by atoms with Crippen molar-refractivity contribution in [1.82, 2.24) is 10.2 Å². The third-order valence-electron chi connectivity index (χ3n) is 6.51. The zero-order valence-corrected chi connectivity index (χ0v) is 18.9. The molecule has 0 spiro atoms. The zero-order chi connectivity index (χ0) is 23.5. The summed E-state index contributed by atoms with van der Waals surface area (Å²) in [5, 5.41) is 6.45. The highest BCUT2D eigenvalue weighted by Gasteiger charge is 2.27. The number of nitrogens with one attached hydrogen (secondary N) is 2. The van der Waals surface area contributed by atoms with Gasteiger partial charge in [-0.25, -0.2) is 0 Å². The molecule has 3 aromatic rings. The number of ether oxygens (including phenoxy) is 1. The lowest BCUT2D eigenvalue weighted by Gasteiger charge is -2.32. The molecule has 0 saturated carbocycles. The van der Waals surface area contributed by atoms with Gasteiger partial charge in [-0.3, -0.25) is 9.59 Å². The van der Waals surface area contributed by atoms with E-state index in [0.717, 1.165) is 52.4 Å². The van der Waals surface area contributed by atoms with Crippen LogP contribution in [-0.4, -0.2) is 29.8 Å². The minimum Gasteiger partial charge on any atom is -0.457 e. The highest BCUT2D eigenvalue weighted by Crippen LogP contribution is 2.36. The molecule has 2 heterocycles. The number of benzene rings is 3. The van der Waals surface area contributed by atoms with Crippen LogP contribution >= 0.6 is 0 Å². The number of likely N-dealkylation sites (tertiary alicyclic amines) is 1. The molecule has 0 aliphatic carbocycles. The number of para-hydroxylation sites is 1. The Morgan fingerprint density at radius 3 is 2.44 bits per heavy atom. The number of piperidine rings is 1. The van der Waals surface area contributed by atoms with Crippen molar-refractivity contribution in [1.29, 1.82) is 0 Å². The number of anilines is 2. The maximum atomic E-state index is 12.5. The Hall–Kier alpha value is -4.06. The molecule has 34 heavy (non-hydrogen) atoms. The van der Waals surface area contributed by atoms with Gasteiger partial charge in [-0.2, -0.15) is 0 Å². The van der Waals surface area contributed by atoms with Gasteiger partial charge in [0.15, 0.2) is 0 Å². The second-order valence-corrected chi connectivity index (χ2v) is 8.65. The van der Waals surface area contributed by atoms with Crippen molar-refractivity contribution in [3.8, 4) is 11.5 Å². The van der Waals surface area contributed by atoms with E-state index in [1.807, 2.05) is 65.6 Å². The summed E-state index contributed by atoms with van der Waals surface area (Å²) in [5.41, 5.74) is 4.71. The van der Waals surface area contributed by atoms with Crippen LogP contribution in [0.5, 0.6) is 11.5 Å². The number of hydrogen-bond acceptors (Lipinski definition) is 4. The Balaban J connectivity index is 1.35. The smallest absolute Gasteiger partial charge is 0.251 e. The van der Waals surface area contributed by atoms with Crippen molar-refractivity contribution in [2.75, 3.05) is 18.4 Å². The molecule has 1 saturated heterocycles. The molecule has 2 N–H and O–H groups in total. The molecule has 172 valence electrons. The number of nitrogens with zero attached hydrogens (tertiary/aromatic N) is 1. The number of carbonyl (C=O) groups excluding carboxylic acids is 2. The molecule has 1 fully saturated rings. The SMILES string of the molecule is C=CC(=O)N1CCC(c2cc(Nc3ccc(Oc4ccccc4)cc3)c3c(c2)C(=O)NC3)CC1. The van der Waals surface area contributed by atoms with E-state index in [4.69, 9.17) is 4.74 Å². The Labute approximate surface area is 199 Å². The molecule has 5 rings (SSSR count). The summed E-state index contributed by atoms with van der Waals surface area (Å²) in [6, 6.07) is 21.6. The highest BCUT2D eigenvalue weighted by molar-refractivity contribution is 6.00. The highest BCUT2D eigenvalue weighted by atomic mass is 16.5. The van der Waals surface area contributed by atoms with E-state index in [0.29, 0.717) is 25.6 Å². The summed E-state index contributed by atoms with van der Waals surface area (Å²) in [5.74, 6) is 1.79. The molecule has 0 bridgehead atoms. The number of rotatable bonds is 6. The second kappa shape index (κ2) is 9.43. The normalized spacial score (nSPS) is 15.4. The minimum atomic E-state index is -0.0363. The van der Waals surface area contributed by atoms with E-state index < -0.39 is 0 Å². The number of amides is 2. The quantitative estimate of drug-likeness (QED) is 0.493. The molecule has 0 unspecified atom stereocenters. The van der Waals surface area contributed by atoms with Crippen LogP contribution in [0.4, 0.5) is 11.4 Å². The van der Waals surface area contributed by atoms with Gasteiger partial charge in [0.25, 0.3) is 5.91 Å². The predicted octanol–water partition coefficient (Wildman–Crippen LogP) is 5.36. The average molecular weight is 454 g/mol. The average Bonchev–Trinajstić information content (AvgIpc) is 3.26. The van der Waals surface area contributed by atoms with E-state index in [1.165, 1.54) is 6.08 Å². The Bertz CT molecular complexity index is 1210. The fourth-order valence-corrected chi connectivity index (χ4v) is 4.65. The van der Waals surface area contributed by atoms with Crippen molar-refractivity contribution in [3.05, 3.63) is 96.1 Å². The molecule has 6 heteroatoms. The topological polar surface area (TPSA) is 70.7 Å². The van der Waals surface area contributed by atoms with Gasteiger partial charge in [0.1, 0.15) is 11.5 Å². The van der Waals surface area contributed by atoms with Crippen LogP contribution in [0.25, 0.3) is 0 Å². The van der Waals surface area contributed by atoms with Gasteiger partial charge in [0.05, 0.1) is 0 Å². The molecule has 0 atom stereocenters. The van der Waals surface area contributed by atoms with Crippen molar-refractivity contribution < 1.29 is 14.3 Å². The minimum absolute atomic E-state index is 0.0196. The maximum absolute atomic E-state index is 12.5. The van der Waals surface area contributed by atoms with E-state index in [9.17, 15) is 9.59 Å². The molecule has 3 aromatic carbocycles. The van der Waals surface area contributed by atoms with Crippen LogP contribution < -0.4 is 15.4 Å². The van der Waals surface area contributed by atoms with Gasteiger partial charge in [0.2, 0.25) is 5.91 Å².